The van der Waals surface area contributed by atoms with Crippen LogP contribution < -0.4 is 10.6 Å². The summed E-state index contributed by atoms with van der Waals surface area (Å²) in [4.78, 5) is 40.2. The van der Waals surface area contributed by atoms with Gasteiger partial charge in [0, 0.05) is 38.2 Å². The van der Waals surface area contributed by atoms with Crippen molar-refractivity contribution in [1.29, 1.82) is 0 Å². The van der Waals surface area contributed by atoms with Crippen molar-refractivity contribution in [2.75, 3.05) is 33.4 Å². The molecule has 3 rings (SSSR count). The Balaban J connectivity index is 1.62. The van der Waals surface area contributed by atoms with E-state index in [2.05, 4.69) is 10.6 Å². The summed E-state index contributed by atoms with van der Waals surface area (Å²) in [5.74, 6) is -0.0236. The summed E-state index contributed by atoms with van der Waals surface area (Å²) in [6, 6.07) is 8.29. The summed E-state index contributed by atoms with van der Waals surface area (Å²) < 4.78 is 5.01. The summed E-state index contributed by atoms with van der Waals surface area (Å²) in [5, 5.41) is 5.79. The van der Waals surface area contributed by atoms with E-state index in [-0.39, 0.29) is 29.6 Å². The van der Waals surface area contributed by atoms with Crippen LogP contribution in [0.2, 0.25) is 0 Å². The minimum absolute atomic E-state index is 0.00663. The topological polar surface area (TPSA) is 87.7 Å². The molecule has 2 fully saturated rings. The Hall–Kier alpha value is -2.41. The highest BCUT2D eigenvalue weighted by Crippen LogP contribution is 2.29. The maximum atomic E-state index is 12.8. The molecule has 7 nitrogen and oxygen atoms in total. The highest BCUT2D eigenvalue weighted by atomic mass is 16.5. The van der Waals surface area contributed by atoms with Crippen LogP contribution in [0.5, 0.6) is 0 Å². The van der Waals surface area contributed by atoms with Gasteiger partial charge in [-0.25, -0.2) is 0 Å². The molecule has 1 aromatic rings. The van der Waals surface area contributed by atoms with Crippen LogP contribution in [0.15, 0.2) is 30.3 Å². The lowest BCUT2D eigenvalue weighted by molar-refractivity contribution is -0.137. The minimum Gasteiger partial charge on any atom is -0.383 e. The Morgan fingerprint density at radius 3 is 2.37 bits per heavy atom. The molecular formula is C23H33N3O4. The first-order chi connectivity index (χ1) is 14.6. The first-order valence-corrected chi connectivity index (χ1v) is 11.0. The van der Waals surface area contributed by atoms with Gasteiger partial charge in [-0.3, -0.25) is 14.4 Å². The van der Waals surface area contributed by atoms with Crippen LogP contribution in [0, 0.1) is 11.8 Å². The number of hydrogen-bond acceptors (Lipinski definition) is 4. The largest absolute Gasteiger partial charge is 0.383 e. The van der Waals surface area contributed by atoms with Gasteiger partial charge in [0.2, 0.25) is 11.8 Å². The van der Waals surface area contributed by atoms with E-state index < -0.39 is 6.04 Å². The smallest absolute Gasteiger partial charge is 0.251 e. The maximum Gasteiger partial charge on any atom is 0.251 e. The molecule has 1 aromatic carbocycles. The number of piperidine rings is 1. The Bertz CT molecular complexity index is 710. The van der Waals surface area contributed by atoms with Gasteiger partial charge in [0.05, 0.1) is 6.61 Å². The van der Waals surface area contributed by atoms with Crippen LogP contribution in [0.4, 0.5) is 0 Å². The van der Waals surface area contributed by atoms with Crippen molar-refractivity contribution >= 4 is 17.7 Å². The lowest BCUT2D eigenvalue weighted by Gasteiger charge is -2.36. The second-order valence-electron chi connectivity index (χ2n) is 8.25. The summed E-state index contributed by atoms with van der Waals surface area (Å²) in [6.45, 7) is 2.09. The molecule has 1 saturated heterocycles. The van der Waals surface area contributed by atoms with Crippen LogP contribution in [-0.2, 0) is 14.3 Å². The van der Waals surface area contributed by atoms with E-state index in [0.717, 1.165) is 25.7 Å². The van der Waals surface area contributed by atoms with Gasteiger partial charge >= 0.3 is 0 Å². The van der Waals surface area contributed by atoms with Crippen LogP contribution in [-0.4, -0.2) is 62.0 Å². The molecule has 7 heteroatoms. The van der Waals surface area contributed by atoms with Crippen LogP contribution >= 0.6 is 0 Å². The molecule has 1 atom stereocenters. The first kappa shape index (κ1) is 22.3. The quantitative estimate of drug-likeness (QED) is 0.636. The van der Waals surface area contributed by atoms with E-state index in [1.54, 1.807) is 31.4 Å². The van der Waals surface area contributed by atoms with Crippen molar-refractivity contribution in [3.8, 4) is 0 Å². The molecule has 1 saturated carbocycles. The molecule has 2 N–H and O–H groups in total. The number of carbonyl (C=O) groups excluding carboxylic acids is 3. The van der Waals surface area contributed by atoms with Gasteiger partial charge in [-0.15, -0.1) is 0 Å². The summed E-state index contributed by atoms with van der Waals surface area (Å²) in [5.41, 5.74) is 0.529. The molecule has 30 heavy (non-hydrogen) atoms. The Kier molecular flexibility index (Phi) is 8.25. The predicted octanol–water partition coefficient (Wildman–Crippen LogP) is 1.98. The average molecular weight is 416 g/mol. The van der Waals surface area contributed by atoms with Crippen molar-refractivity contribution in [3.63, 3.8) is 0 Å². The molecule has 0 spiro atoms. The Morgan fingerprint density at radius 2 is 1.73 bits per heavy atom. The Morgan fingerprint density at radius 1 is 1.07 bits per heavy atom. The monoisotopic (exact) mass is 415 g/mol. The number of amides is 3. The maximum absolute atomic E-state index is 12.8. The number of carbonyl (C=O) groups is 3. The van der Waals surface area contributed by atoms with Crippen LogP contribution in [0.1, 0.15) is 48.9 Å². The Labute approximate surface area is 178 Å². The third-order valence-electron chi connectivity index (χ3n) is 6.24. The standard InChI is InChI=1S/C23H33N3O4/c1-30-16-13-24-22(28)20(25-21(27)18-7-3-2-4-8-18)17-11-14-26(15-12-17)23(29)19-9-5-6-10-19/h2-4,7-8,17,19-20H,5-6,9-16H2,1H3,(H,24,28)(H,25,27). The zero-order valence-corrected chi connectivity index (χ0v) is 17.8. The molecule has 0 aromatic heterocycles. The van der Waals surface area contributed by atoms with Gasteiger partial charge in [-0.1, -0.05) is 31.0 Å². The summed E-state index contributed by atoms with van der Waals surface area (Å²) in [7, 11) is 1.58. The molecule has 1 aliphatic carbocycles. The lowest BCUT2D eigenvalue weighted by Crippen LogP contribution is -2.54. The molecule has 0 radical (unpaired) electrons. The molecule has 0 bridgehead atoms. The van der Waals surface area contributed by atoms with Gasteiger partial charge in [0.1, 0.15) is 6.04 Å². The molecule has 1 heterocycles. The number of benzene rings is 1. The normalized spacial score (nSPS) is 18.8. The number of methoxy groups -OCH3 is 1. The molecule has 1 unspecified atom stereocenters. The van der Waals surface area contributed by atoms with Gasteiger partial charge in [-0.05, 0) is 43.7 Å². The van der Waals surface area contributed by atoms with Crippen molar-refractivity contribution < 1.29 is 19.1 Å². The first-order valence-electron chi connectivity index (χ1n) is 11.0. The zero-order valence-electron chi connectivity index (χ0n) is 17.8. The fourth-order valence-electron chi connectivity index (χ4n) is 4.48. The molecular weight excluding hydrogens is 382 g/mol. The fraction of sp³-hybridized carbons (Fsp3) is 0.609. The zero-order chi connectivity index (χ0) is 21.3. The van der Waals surface area contributed by atoms with Crippen LogP contribution in [0.3, 0.4) is 0 Å². The molecule has 3 amide bonds. The van der Waals surface area contributed by atoms with Gasteiger partial charge in [0.25, 0.3) is 5.91 Å². The van der Waals surface area contributed by atoms with E-state index in [4.69, 9.17) is 4.74 Å². The van der Waals surface area contributed by atoms with Crippen molar-refractivity contribution in [2.45, 2.75) is 44.6 Å². The van der Waals surface area contributed by atoms with Crippen LogP contribution in [0.25, 0.3) is 0 Å². The lowest BCUT2D eigenvalue weighted by atomic mass is 9.87. The highest BCUT2D eigenvalue weighted by Gasteiger charge is 2.35. The number of ether oxygens (including phenoxy) is 1. The van der Waals surface area contributed by atoms with E-state index in [9.17, 15) is 14.4 Å². The van der Waals surface area contributed by atoms with Gasteiger partial charge in [0.15, 0.2) is 0 Å². The highest BCUT2D eigenvalue weighted by molar-refractivity contribution is 5.97. The number of hydrogen-bond donors (Lipinski definition) is 2. The van der Waals surface area contributed by atoms with Gasteiger partial charge in [-0.2, -0.15) is 0 Å². The summed E-state index contributed by atoms with van der Waals surface area (Å²) in [6.07, 6.45) is 5.68. The number of likely N-dealkylation sites (tertiary alicyclic amines) is 1. The number of nitrogens with zero attached hydrogens (tertiary/aromatic N) is 1. The van der Waals surface area contributed by atoms with E-state index in [1.165, 1.54) is 0 Å². The molecule has 2 aliphatic rings. The minimum atomic E-state index is -0.627. The second kappa shape index (κ2) is 11.1. The number of nitrogens with one attached hydrogen (secondary N) is 2. The van der Waals surface area contributed by atoms with Crippen molar-refractivity contribution in [3.05, 3.63) is 35.9 Å². The third-order valence-corrected chi connectivity index (χ3v) is 6.24. The van der Waals surface area contributed by atoms with E-state index in [1.807, 2.05) is 11.0 Å². The molecule has 1 aliphatic heterocycles. The second-order valence-corrected chi connectivity index (χ2v) is 8.25. The van der Waals surface area contributed by atoms with Crippen molar-refractivity contribution in [2.24, 2.45) is 11.8 Å². The summed E-state index contributed by atoms with van der Waals surface area (Å²) >= 11 is 0. The fourth-order valence-corrected chi connectivity index (χ4v) is 4.48. The van der Waals surface area contributed by atoms with E-state index >= 15 is 0 Å². The van der Waals surface area contributed by atoms with Gasteiger partial charge < -0.3 is 20.3 Å². The third kappa shape index (κ3) is 5.81. The SMILES string of the molecule is COCCNC(=O)C(NC(=O)c1ccccc1)C1CCN(C(=O)C2CCCC2)CC1. The van der Waals surface area contributed by atoms with E-state index in [0.29, 0.717) is 44.6 Å². The van der Waals surface area contributed by atoms with Crippen molar-refractivity contribution in [1.82, 2.24) is 15.5 Å². The number of rotatable bonds is 8. The predicted molar refractivity (Wildman–Crippen MR) is 114 cm³/mol. The average Bonchev–Trinajstić information content (AvgIpc) is 3.32. The molecule has 164 valence electrons.